The van der Waals surface area contributed by atoms with Gasteiger partial charge in [0.25, 0.3) is 0 Å². The molecule has 6 nitrogen and oxygen atoms in total. The fraction of sp³-hybridized carbons (Fsp3) is 0.357. The molecule has 3 N–H and O–H groups in total. The number of nitrogens with zero attached hydrogens (tertiary/aromatic N) is 2. The van der Waals surface area contributed by atoms with Gasteiger partial charge in [-0.15, -0.1) is 0 Å². The molecule has 0 aliphatic carbocycles. The molecule has 114 valence electrons. The van der Waals surface area contributed by atoms with E-state index in [1.807, 2.05) is 18.4 Å². The topological polar surface area (TPSA) is 90.0 Å². The van der Waals surface area contributed by atoms with Crippen molar-refractivity contribution in [1.82, 2.24) is 14.3 Å². The first-order valence-corrected chi connectivity index (χ1v) is 8.12. The third kappa shape index (κ3) is 3.62. The fourth-order valence-corrected chi connectivity index (χ4v) is 3.80. The van der Waals surface area contributed by atoms with Crippen LogP contribution in [0.5, 0.6) is 0 Å². The number of aryl methyl sites for hydroxylation is 1. The summed E-state index contributed by atoms with van der Waals surface area (Å²) >= 11 is 0. The monoisotopic (exact) mass is 308 g/mol. The first-order chi connectivity index (χ1) is 9.79. The number of benzene rings is 1. The number of anilines is 1. The van der Waals surface area contributed by atoms with E-state index in [0.717, 1.165) is 5.56 Å². The summed E-state index contributed by atoms with van der Waals surface area (Å²) in [5, 5.41) is 0. The summed E-state index contributed by atoms with van der Waals surface area (Å²) in [7, 11) is -3.60. The third-order valence-corrected chi connectivity index (χ3v) is 4.95. The van der Waals surface area contributed by atoms with Crippen molar-refractivity contribution in [3.63, 3.8) is 0 Å². The zero-order chi connectivity index (χ0) is 15.6. The number of hydrogen-bond donors (Lipinski definition) is 2. The summed E-state index contributed by atoms with van der Waals surface area (Å²) < 4.78 is 29.5. The zero-order valence-electron chi connectivity index (χ0n) is 12.4. The highest BCUT2D eigenvalue weighted by molar-refractivity contribution is 7.89. The maximum absolute atomic E-state index is 12.5. The zero-order valence-corrected chi connectivity index (χ0v) is 13.2. The van der Waals surface area contributed by atoms with Crippen molar-refractivity contribution in [2.45, 2.75) is 38.3 Å². The van der Waals surface area contributed by atoms with Gasteiger partial charge in [-0.25, -0.2) is 18.1 Å². The first-order valence-electron chi connectivity index (χ1n) is 6.64. The number of nitrogen functional groups attached to an aromatic ring is 1. The van der Waals surface area contributed by atoms with Crippen LogP contribution in [-0.4, -0.2) is 24.0 Å². The molecule has 0 spiro atoms. The van der Waals surface area contributed by atoms with Gasteiger partial charge >= 0.3 is 0 Å². The Morgan fingerprint density at radius 2 is 2.10 bits per heavy atom. The average Bonchev–Trinajstić information content (AvgIpc) is 2.85. The highest BCUT2D eigenvalue weighted by Gasteiger charge is 2.21. The summed E-state index contributed by atoms with van der Waals surface area (Å²) in [5.74, 6) is 0. The highest BCUT2D eigenvalue weighted by atomic mass is 32.2. The molecule has 1 unspecified atom stereocenters. The maximum atomic E-state index is 12.5. The number of aromatic nitrogens is 2. The number of rotatable bonds is 5. The van der Waals surface area contributed by atoms with E-state index in [9.17, 15) is 8.42 Å². The maximum Gasteiger partial charge on any atom is 0.241 e. The van der Waals surface area contributed by atoms with E-state index in [0.29, 0.717) is 17.8 Å². The van der Waals surface area contributed by atoms with Gasteiger partial charge < -0.3 is 10.3 Å². The van der Waals surface area contributed by atoms with Crippen molar-refractivity contribution < 1.29 is 8.42 Å². The number of hydrogen-bond acceptors (Lipinski definition) is 4. The van der Waals surface area contributed by atoms with Crippen molar-refractivity contribution in [2.75, 3.05) is 5.73 Å². The summed E-state index contributed by atoms with van der Waals surface area (Å²) in [6.07, 6.45) is 5.11. The Hall–Kier alpha value is -1.86. The second kappa shape index (κ2) is 5.87. The van der Waals surface area contributed by atoms with Crippen LogP contribution in [0.25, 0.3) is 0 Å². The Labute approximate surface area is 125 Å². The van der Waals surface area contributed by atoms with Crippen molar-refractivity contribution in [3.05, 3.63) is 42.0 Å². The minimum atomic E-state index is -3.60. The molecule has 1 aromatic heterocycles. The number of sulfonamides is 1. The lowest BCUT2D eigenvalue weighted by Crippen LogP contribution is -2.35. The van der Waals surface area contributed by atoms with Crippen molar-refractivity contribution in [1.29, 1.82) is 0 Å². The van der Waals surface area contributed by atoms with Crippen LogP contribution in [0.15, 0.2) is 35.7 Å². The third-order valence-electron chi connectivity index (χ3n) is 3.23. The summed E-state index contributed by atoms with van der Waals surface area (Å²) in [5.41, 5.74) is 7.73. The summed E-state index contributed by atoms with van der Waals surface area (Å²) in [6.45, 7) is 5.86. The Morgan fingerprint density at radius 3 is 2.71 bits per heavy atom. The van der Waals surface area contributed by atoms with Crippen LogP contribution in [0.3, 0.4) is 0 Å². The predicted molar refractivity (Wildman–Crippen MR) is 82.3 cm³/mol. The van der Waals surface area contributed by atoms with E-state index in [1.54, 1.807) is 37.8 Å². The summed E-state index contributed by atoms with van der Waals surface area (Å²) in [4.78, 5) is 4.17. The van der Waals surface area contributed by atoms with Crippen LogP contribution in [0.4, 0.5) is 5.69 Å². The van der Waals surface area contributed by atoms with Crippen LogP contribution in [0.1, 0.15) is 18.1 Å². The Balaban J connectivity index is 2.22. The largest absolute Gasteiger partial charge is 0.398 e. The minimum Gasteiger partial charge on any atom is -0.398 e. The molecule has 0 radical (unpaired) electrons. The van der Waals surface area contributed by atoms with E-state index in [1.165, 1.54) is 0 Å². The molecular formula is C14H20N4O2S. The van der Waals surface area contributed by atoms with Crippen LogP contribution < -0.4 is 10.5 Å². The first kappa shape index (κ1) is 15.5. The van der Waals surface area contributed by atoms with Crippen LogP contribution in [-0.2, 0) is 16.6 Å². The van der Waals surface area contributed by atoms with Gasteiger partial charge in [-0.05, 0) is 44.0 Å². The van der Waals surface area contributed by atoms with Crippen LogP contribution >= 0.6 is 0 Å². The molecule has 1 atom stereocenters. The van der Waals surface area contributed by atoms with E-state index in [4.69, 9.17) is 5.73 Å². The van der Waals surface area contributed by atoms with Gasteiger partial charge in [-0.3, -0.25) is 0 Å². The number of nitrogens with two attached hydrogens (primary N) is 1. The van der Waals surface area contributed by atoms with E-state index >= 15 is 0 Å². The highest BCUT2D eigenvalue weighted by Crippen LogP contribution is 2.23. The number of nitrogens with one attached hydrogen (secondary N) is 1. The molecule has 0 fully saturated rings. The lowest BCUT2D eigenvalue weighted by atomic mass is 10.1. The van der Waals surface area contributed by atoms with Gasteiger partial charge in [-0.1, -0.05) is 0 Å². The fourth-order valence-electron chi connectivity index (χ4n) is 2.21. The molecule has 21 heavy (non-hydrogen) atoms. The molecule has 0 bridgehead atoms. The molecule has 1 heterocycles. The molecule has 0 aliphatic rings. The second-order valence-electron chi connectivity index (χ2n) is 5.26. The molecule has 0 saturated carbocycles. The second-order valence-corrected chi connectivity index (χ2v) is 6.94. The van der Waals surface area contributed by atoms with Gasteiger partial charge in [0, 0.05) is 30.7 Å². The Morgan fingerprint density at radius 1 is 1.38 bits per heavy atom. The quantitative estimate of drug-likeness (QED) is 0.818. The molecule has 0 aliphatic heterocycles. The molecule has 7 heteroatoms. The van der Waals surface area contributed by atoms with E-state index in [-0.39, 0.29) is 10.9 Å². The van der Waals surface area contributed by atoms with Crippen molar-refractivity contribution in [2.24, 2.45) is 0 Å². The van der Waals surface area contributed by atoms with Crippen LogP contribution in [0.2, 0.25) is 0 Å². The molecule has 0 saturated heterocycles. The average molecular weight is 308 g/mol. The molecule has 2 rings (SSSR count). The molecule has 0 amide bonds. The van der Waals surface area contributed by atoms with Gasteiger partial charge in [0.1, 0.15) is 0 Å². The number of imidazole rings is 1. The lowest BCUT2D eigenvalue weighted by Gasteiger charge is -2.17. The van der Waals surface area contributed by atoms with Crippen molar-refractivity contribution >= 4 is 15.7 Å². The minimum absolute atomic E-state index is 0.234. The molecule has 2 aromatic rings. The van der Waals surface area contributed by atoms with Crippen LogP contribution in [0, 0.1) is 13.8 Å². The van der Waals surface area contributed by atoms with Gasteiger partial charge in [-0.2, -0.15) is 0 Å². The summed E-state index contributed by atoms with van der Waals surface area (Å²) in [6, 6.07) is 3.15. The standard InChI is InChI=1S/C14H20N4O2S/c1-10-6-13(15)12(3)14(7-10)21(19,20)17-11(2)8-18-5-4-16-9-18/h4-7,9,11,17H,8,15H2,1-3H3. The van der Waals surface area contributed by atoms with Crippen molar-refractivity contribution in [3.8, 4) is 0 Å². The SMILES string of the molecule is Cc1cc(N)c(C)c(S(=O)(=O)NC(C)Cn2ccnc2)c1. The lowest BCUT2D eigenvalue weighted by molar-refractivity contribution is 0.520. The van der Waals surface area contributed by atoms with Gasteiger partial charge in [0.2, 0.25) is 10.0 Å². The smallest absolute Gasteiger partial charge is 0.241 e. The normalized spacial score (nSPS) is 13.3. The molecular weight excluding hydrogens is 288 g/mol. The van der Waals surface area contributed by atoms with E-state index < -0.39 is 10.0 Å². The van der Waals surface area contributed by atoms with E-state index in [2.05, 4.69) is 9.71 Å². The van der Waals surface area contributed by atoms with Gasteiger partial charge in [0.15, 0.2) is 0 Å². The molecule has 1 aromatic carbocycles. The Bertz CT molecular complexity index is 724. The van der Waals surface area contributed by atoms with Gasteiger partial charge in [0.05, 0.1) is 11.2 Å². The predicted octanol–water partition coefficient (Wildman–Crippen LogP) is 1.45. The Kier molecular flexibility index (Phi) is 4.34.